The molecule has 1 amide bonds. The van der Waals surface area contributed by atoms with E-state index >= 15 is 0 Å². The number of hydrogen-bond acceptors (Lipinski definition) is 5. The van der Waals surface area contributed by atoms with E-state index < -0.39 is 0 Å². The van der Waals surface area contributed by atoms with Gasteiger partial charge in [-0.05, 0) is 38.8 Å². The van der Waals surface area contributed by atoms with E-state index in [4.69, 9.17) is 0 Å². The number of nitrogens with one attached hydrogen (secondary N) is 1. The number of rotatable bonds is 3. The molecule has 4 heterocycles. The van der Waals surface area contributed by atoms with Crippen LogP contribution in [0, 0.1) is 0 Å². The molecule has 2 fully saturated rings. The average molecular weight is 362 g/mol. The Balaban J connectivity index is 1.45. The van der Waals surface area contributed by atoms with Crippen LogP contribution < -0.4 is 5.32 Å². The first-order valence-corrected chi connectivity index (χ1v) is 9.48. The lowest BCUT2D eigenvalue weighted by Gasteiger charge is -2.36. The minimum Gasteiger partial charge on any atom is -0.348 e. The molecule has 0 unspecified atom stereocenters. The van der Waals surface area contributed by atoms with E-state index in [0.717, 1.165) is 24.1 Å². The minimum absolute atomic E-state index is 0.112. The standard InChI is InChI=1S/C20H22N6O/c1-25-15-7-8-16(25)10-14(9-15)23-19(27)18-11-17(13-5-3-2-4-6-13)24-20-21-12-22-26(18)20/h2-6,11-12,14-16H,7-10H2,1H3,(H,23,27)/t15-,16-/m0/s1. The Kier molecular flexibility index (Phi) is 3.89. The van der Waals surface area contributed by atoms with Gasteiger partial charge in [0.1, 0.15) is 12.0 Å². The van der Waals surface area contributed by atoms with Crippen molar-refractivity contribution in [2.75, 3.05) is 7.05 Å². The number of carbonyl (C=O) groups excluding carboxylic acids is 1. The van der Waals surface area contributed by atoms with Gasteiger partial charge in [-0.2, -0.15) is 14.6 Å². The highest BCUT2D eigenvalue weighted by molar-refractivity contribution is 5.94. The second kappa shape index (κ2) is 6.42. The van der Waals surface area contributed by atoms with Crippen molar-refractivity contribution < 1.29 is 4.79 Å². The lowest BCUT2D eigenvalue weighted by Crippen LogP contribution is -2.49. The predicted molar refractivity (Wildman–Crippen MR) is 101 cm³/mol. The minimum atomic E-state index is -0.112. The summed E-state index contributed by atoms with van der Waals surface area (Å²) in [5.41, 5.74) is 2.15. The summed E-state index contributed by atoms with van der Waals surface area (Å²) in [6.45, 7) is 0. The second-order valence-corrected chi connectivity index (χ2v) is 7.56. The summed E-state index contributed by atoms with van der Waals surface area (Å²) in [4.78, 5) is 24.3. The summed E-state index contributed by atoms with van der Waals surface area (Å²) in [5, 5.41) is 7.43. The number of fused-ring (bicyclic) bond motifs is 3. The summed E-state index contributed by atoms with van der Waals surface area (Å²) in [6.07, 6.45) is 5.91. The van der Waals surface area contributed by atoms with E-state index in [0.29, 0.717) is 23.6 Å². The highest BCUT2D eigenvalue weighted by Gasteiger charge is 2.39. The van der Waals surface area contributed by atoms with E-state index in [-0.39, 0.29) is 11.9 Å². The Morgan fingerprint density at radius 3 is 2.63 bits per heavy atom. The van der Waals surface area contributed by atoms with Crippen LogP contribution in [0.1, 0.15) is 36.2 Å². The number of hydrogen-bond donors (Lipinski definition) is 1. The van der Waals surface area contributed by atoms with E-state index in [1.165, 1.54) is 23.7 Å². The van der Waals surface area contributed by atoms with Gasteiger partial charge >= 0.3 is 0 Å². The van der Waals surface area contributed by atoms with Crippen molar-refractivity contribution in [3.05, 3.63) is 48.4 Å². The van der Waals surface area contributed by atoms with Crippen molar-refractivity contribution in [1.82, 2.24) is 29.8 Å². The van der Waals surface area contributed by atoms with Gasteiger partial charge in [-0.25, -0.2) is 4.98 Å². The third-order valence-electron chi connectivity index (χ3n) is 5.99. The molecule has 2 bridgehead atoms. The van der Waals surface area contributed by atoms with Gasteiger partial charge in [0.15, 0.2) is 0 Å². The van der Waals surface area contributed by atoms with Crippen LogP contribution in [0.5, 0.6) is 0 Å². The Morgan fingerprint density at radius 1 is 1.15 bits per heavy atom. The Bertz CT molecular complexity index is 971. The third-order valence-corrected chi connectivity index (χ3v) is 5.99. The molecular weight excluding hydrogens is 340 g/mol. The van der Waals surface area contributed by atoms with E-state index in [1.807, 2.05) is 30.3 Å². The van der Waals surface area contributed by atoms with Gasteiger partial charge in [0.2, 0.25) is 0 Å². The summed E-state index contributed by atoms with van der Waals surface area (Å²) >= 11 is 0. The summed E-state index contributed by atoms with van der Waals surface area (Å²) in [6, 6.07) is 13.0. The molecule has 5 rings (SSSR count). The fraction of sp³-hybridized carbons (Fsp3) is 0.400. The molecule has 2 aliphatic rings. The molecule has 1 aromatic carbocycles. The number of nitrogens with zero attached hydrogens (tertiary/aromatic N) is 5. The van der Waals surface area contributed by atoms with Gasteiger partial charge in [-0.15, -0.1) is 0 Å². The summed E-state index contributed by atoms with van der Waals surface area (Å²) in [5.74, 6) is 0.323. The van der Waals surface area contributed by atoms with E-state index in [1.54, 1.807) is 6.07 Å². The summed E-state index contributed by atoms with van der Waals surface area (Å²) < 4.78 is 1.52. The fourth-order valence-electron chi connectivity index (χ4n) is 4.52. The van der Waals surface area contributed by atoms with Crippen molar-refractivity contribution in [1.29, 1.82) is 0 Å². The number of piperidine rings is 1. The molecule has 3 aromatic rings. The van der Waals surface area contributed by atoms with Crippen LogP contribution in [0.4, 0.5) is 0 Å². The summed E-state index contributed by atoms with van der Waals surface area (Å²) in [7, 11) is 2.20. The van der Waals surface area contributed by atoms with Gasteiger partial charge in [0, 0.05) is 23.7 Å². The maximum Gasteiger partial charge on any atom is 0.270 e. The van der Waals surface area contributed by atoms with Crippen LogP contribution in [-0.2, 0) is 0 Å². The topological polar surface area (TPSA) is 75.4 Å². The van der Waals surface area contributed by atoms with Gasteiger partial charge < -0.3 is 10.2 Å². The van der Waals surface area contributed by atoms with Crippen molar-refractivity contribution in [2.45, 2.75) is 43.8 Å². The van der Waals surface area contributed by atoms with Gasteiger partial charge in [-0.1, -0.05) is 30.3 Å². The molecule has 2 atom stereocenters. The Morgan fingerprint density at radius 2 is 1.89 bits per heavy atom. The van der Waals surface area contributed by atoms with Gasteiger partial charge in [0.05, 0.1) is 5.69 Å². The highest BCUT2D eigenvalue weighted by Crippen LogP contribution is 2.34. The van der Waals surface area contributed by atoms with Crippen molar-refractivity contribution in [3.63, 3.8) is 0 Å². The molecule has 2 aliphatic heterocycles. The first kappa shape index (κ1) is 16.4. The molecular formula is C20H22N6O. The quantitative estimate of drug-likeness (QED) is 0.773. The van der Waals surface area contributed by atoms with E-state index in [2.05, 4.69) is 32.3 Å². The van der Waals surface area contributed by atoms with Crippen LogP contribution in [0.15, 0.2) is 42.7 Å². The number of aromatic nitrogens is 4. The molecule has 0 spiro atoms. The fourth-order valence-corrected chi connectivity index (χ4v) is 4.52. The molecule has 0 radical (unpaired) electrons. The first-order chi connectivity index (χ1) is 13.2. The van der Waals surface area contributed by atoms with Crippen molar-refractivity contribution >= 4 is 11.7 Å². The van der Waals surface area contributed by atoms with Crippen LogP contribution in [0.3, 0.4) is 0 Å². The highest BCUT2D eigenvalue weighted by atomic mass is 16.2. The average Bonchev–Trinajstić information content (AvgIpc) is 3.23. The normalized spacial score (nSPS) is 25.0. The third kappa shape index (κ3) is 2.88. The lowest BCUT2D eigenvalue weighted by atomic mass is 9.98. The van der Waals surface area contributed by atoms with Crippen LogP contribution >= 0.6 is 0 Å². The molecule has 138 valence electrons. The second-order valence-electron chi connectivity index (χ2n) is 7.56. The van der Waals surface area contributed by atoms with Crippen LogP contribution in [0.25, 0.3) is 17.0 Å². The zero-order valence-corrected chi connectivity index (χ0v) is 15.2. The lowest BCUT2D eigenvalue weighted by molar-refractivity contribution is 0.0875. The van der Waals surface area contributed by atoms with Crippen molar-refractivity contribution in [3.8, 4) is 11.3 Å². The number of benzene rings is 1. The van der Waals surface area contributed by atoms with Crippen LogP contribution in [0.2, 0.25) is 0 Å². The van der Waals surface area contributed by atoms with E-state index in [9.17, 15) is 4.79 Å². The monoisotopic (exact) mass is 362 g/mol. The maximum atomic E-state index is 13.1. The van der Waals surface area contributed by atoms with Crippen molar-refractivity contribution in [2.24, 2.45) is 0 Å². The molecule has 0 saturated carbocycles. The molecule has 2 aromatic heterocycles. The Labute approximate surface area is 157 Å². The van der Waals surface area contributed by atoms with Crippen LogP contribution in [-0.4, -0.2) is 55.6 Å². The molecule has 0 aliphatic carbocycles. The number of carbonyl (C=O) groups is 1. The molecule has 7 heteroatoms. The number of amides is 1. The molecule has 1 N–H and O–H groups in total. The zero-order valence-electron chi connectivity index (χ0n) is 15.2. The molecule has 7 nitrogen and oxygen atoms in total. The molecule has 2 saturated heterocycles. The maximum absolute atomic E-state index is 13.1. The smallest absolute Gasteiger partial charge is 0.270 e. The van der Waals surface area contributed by atoms with Gasteiger partial charge in [-0.3, -0.25) is 4.79 Å². The first-order valence-electron chi connectivity index (χ1n) is 9.48. The zero-order chi connectivity index (χ0) is 18.4. The predicted octanol–water partition coefficient (Wildman–Crippen LogP) is 2.15. The van der Waals surface area contributed by atoms with Gasteiger partial charge in [0.25, 0.3) is 11.7 Å². The largest absolute Gasteiger partial charge is 0.348 e. The Hall–Kier alpha value is -2.80. The molecule has 27 heavy (non-hydrogen) atoms. The SMILES string of the molecule is CN1[C@H]2CC[C@H]1CC(NC(=O)c1cc(-c3ccccc3)nc3ncnn13)C2.